The molecule has 3 rings (SSSR count). The summed E-state index contributed by atoms with van der Waals surface area (Å²) in [5, 5.41) is 15.8. The van der Waals surface area contributed by atoms with Crippen molar-refractivity contribution in [2.75, 3.05) is 0 Å². The van der Waals surface area contributed by atoms with Crippen LogP contribution in [-0.2, 0) is 4.79 Å². The second-order valence-corrected chi connectivity index (χ2v) is 6.24. The molecule has 0 radical (unpaired) electrons. The lowest BCUT2D eigenvalue weighted by molar-refractivity contribution is -0.145. The van der Waals surface area contributed by atoms with E-state index in [1.807, 2.05) is 24.3 Å². The van der Waals surface area contributed by atoms with Gasteiger partial charge in [0.05, 0.1) is 23.4 Å². The number of benzene rings is 1. The molecular formula is C15H14BrN3O3. The first-order valence-corrected chi connectivity index (χ1v) is 7.66. The summed E-state index contributed by atoms with van der Waals surface area (Å²) < 4.78 is 2.60. The Kier molecular flexibility index (Phi) is 3.98. The van der Waals surface area contributed by atoms with Gasteiger partial charge in [0.2, 0.25) is 0 Å². The fourth-order valence-corrected chi connectivity index (χ4v) is 2.65. The third-order valence-corrected chi connectivity index (χ3v) is 4.29. The Morgan fingerprint density at radius 1 is 1.27 bits per heavy atom. The molecule has 1 aromatic heterocycles. The van der Waals surface area contributed by atoms with Gasteiger partial charge in [0.1, 0.15) is 0 Å². The van der Waals surface area contributed by atoms with E-state index in [-0.39, 0.29) is 17.9 Å². The summed E-state index contributed by atoms with van der Waals surface area (Å²) in [6.07, 6.45) is 4.14. The van der Waals surface area contributed by atoms with Crippen molar-refractivity contribution in [3.63, 3.8) is 0 Å². The number of carboxylic acids is 1. The number of nitrogens with one attached hydrogen (secondary N) is 1. The van der Waals surface area contributed by atoms with Gasteiger partial charge in [0.25, 0.3) is 5.91 Å². The zero-order chi connectivity index (χ0) is 15.7. The molecule has 1 fully saturated rings. The van der Waals surface area contributed by atoms with Crippen molar-refractivity contribution in [2.24, 2.45) is 5.92 Å². The summed E-state index contributed by atoms with van der Waals surface area (Å²) in [5.41, 5.74) is 1.32. The Balaban J connectivity index is 1.63. The fourth-order valence-electron chi connectivity index (χ4n) is 2.38. The lowest BCUT2D eigenvalue weighted by Gasteiger charge is -2.32. The monoisotopic (exact) mass is 363 g/mol. The van der Waals surface area contributed by atoms with Crippen LogP contribution in [0.1, 0.15) is 23.2 Å². The molecule has 1 heterocycles. The largest absolute Gasteiger partial charge is 0.481 e. The third kappa shape index (κ3) is 3.04. The van der Waals surface area contributed by atoms with E-state index in [9.17, 15) is 9.59 Å². The van der Waals surface area contributed by atoms with E-state index in [4.69, 9.17) is 5.11 Å². The van der Waals surface area contributed by atoms with Crippen molar-refractivity contribution in [1.29, 1.82) is 0 Å². The number of aliphatic carboxylic acids is 1. The van der Waals surface area contributed by atoms with Gasteiger partial charge >= 0.3 is 5.97 Å². The van der Waals surface area contributed by atoms with Crippen LogP contribution in [0.15, 0.2) is 41.1 Å². The van der Waals surface area contributed by atoms with E-state index in [0.717, 1.165) is 10.2 Å². The highest BCUT2D eigenvalue weighted by atomic mass is 79.9. The number of nitrogens with zero attached hydrogens (tertiary/aromatic N) is 2. The maximum atomic E-state index is 12.1. The molecule has 1 aliphatic rings. The van der Waals surface area contributed by atoms with Crippen molar-refractivity contribution in [1.82, 2.24) is 15.1 Å². The van der Waals surface area contributed by atoms with Gasteiger partial charge in [-0.2, -0.15) is 5.10 Å². The summed E-state index contributed by atoms with van der Waals surface area (Å²) >= 11 is 3.37. The highest BCUT2D eigenvalue weighted by Crippen LogP contribution is 2.27. The maximum Gasteiger partial charge on any atom is 0.306 e. The van der Waals surface area contributed by atoms with Crippen molar-refractivity contribution < 1.29 is 14.7 Å². The van der Waals surface area contributed by atoms with Crippen LogP contribution in [0.2, 0.25) is 0 Å². The Labute approximate surface area is 135 Å². The van der Waals surface area contributed by atoms with Crippen LogP contribution in [0, 0.1) is 5.92 Å². The Bertz CT molecular complexity index is 705. The van der Waals surface area contributed by atoms with Gasteiger partial charge in [-0.05, 0) is 37.1 Å². The van der Waals surface area contributed by atoms with Crippen LogP contribution in [-0.4, -0.2) is 32.8 Å². The summed E-state index contributed by atoms with van der Waals surface area (Å²) in [5.74, 6) is -1.36. The molecule has 1 aliphatic carbocycles. The molecule has 0 bridgehead atoms. The lowest BCUT2D eigenvalue weighted by atomic mass is 9.80. The molecule has 0 atom stereocenters. The molecule has 22 heavy (non-hydrogen) atoms. The van der Waals surface area contributed by atoms with Crippen LogP contribution in [0.5, 0.6) is 0 Å². The molecule has 1 aromatic carbocycles. The highest BCUT2D eigenvalue weighted by Gasteiger charge is 2.35. The Morgan fingerprint density at radius 2 is 1.95 bits per heavy atom. The standard InChI is InChI=1S/C15H14BrN3O3/c16-11-1-3-13(4-2-11)19-8-10(7-17-19)14(20)18-12-5-9(6-12)15(21)22/h1-4,7-9,12H,5-6H2,(H,18,20)(H,21,22). The van der Waals surface area contributed by atoms with Gasteiger partial charge in [0.15, 0.2) is 0 Å². The van der Waals surface area contributed by atoms with E-state index in [1.165, 1.54) is 6.20 Å². The molecule has 1 amide bonds. The molecule has 0 saturated heterocycles. The molecule has 7 heteroatoms. The minimum atomic E-state index is -0.798. The third-order valence-electron chi connectivity index (χ3n) is 3.76. The second kappa shape index (κ2) is 5.92. The predicted molar refractivity (Wildman–Crippen MR) is 82.9 cm³/mol. The number of rotatable bonds is 4. The van der Waals surface area contributed by atoms with Crippen molar-refractivity contribution >= 4 is 27.8 Å². The normalized spacial score (nSPS) is 20.2. The quantitative estimate of drug-likeness (QED) is 0.872. The van der Waals surface area contributed by atoms with Crippen molar-refractivity contribution in [2.45, 2.75) is 18.9 Å². The van der Waals surface area contributed by atoms with Gasteiger partial charge < -0.3 is 10.4 Å². The highest BCUT2D eigenvalue weighted by molar-refractivity contribution is 9.10. The maximum absolute atomic E-state index is 12.1. The lowest BCUT2D eigenvalue weighted by Crippen LogP contribution is -2.46. The summed E-state index contributed by atoms with van der Waals surface area (Å²) in [6.45, 7) is 0. The van der Waals surface area contributed by atoms with Gasteiger partial charge in [-0.3, -0.25) is 9.59 Å². The van der Waals surface area contributed by atoms with Gasteiger partial charge in [-0.1, -0.05) is 15.9 Å². The molecule has 2 aromatic rings. The second-order valence-electron chi connectivity index (χ2n) is 5.33. The molecule has 114 valence electrons. The number of hydrogen-bond donors (Lipinski definition) is 2. The molecule has 0 unspecified atom stereocenters. The van der Waals surface area contributed by atoms with Crippen LogP contribution < -0.4 is 5.32 Å². The Morgan fingerprint density at radius 3 is 2.59 bits per heavy atom. The summed E-state index contributed by atoms with van der Waals surface area (Å²) in [6, 6.07) is 7.52. The summed E-state index contributed by atoms with van der Waals surface area (Å²) in [4.78, 5) is 22.8. The van der Waals surface area contributed by atoms with Crippen LogP contribution in [0.3, 0.4) is 0 Å². The number of amides is 1. The first kappa shape index (κ1) is 14.8. The van der Waals surface area contributed by atoms with Gasteiger partial charge in [0, 0.05) is 16.7 Å². The summed E-state index contributed by atoms with van der Waals surface area (Å²) in [7, 11) is 0. The molecule has 0 spiro atoms. The average molecular weight is 364 g/mol. The SMILES string of the molecule is O=C(NC1CC(C(=O)O)C1)c1cnn(-c2ccc(Br)cc2)c1. The predicted octanol–water partition coefficient (Wildman–Crippen LogP) is 2.23. The van der Waals surface area contributed by atoms with Gasteiger partial charge in [-0.25, -0.2) is 4.68 Å². The molecule has 1 saturated carbocycles. The number of carboxylic acid groups (broad SMARTS) is 1. The molecule has 2 N–H and O–H groups in total. The van der Waals surface area contributed by atoms with E-state index in [2.05, 4.69) is 26.3 Å². The smallest absolute Gasteiger partial charge is 0.306 e. The number of carbonyl (C=O) groups is 2. The topological polar surface area (TPSA) is 84.2 Å². The molecular weight excluding hydrogens is 350 g/mol. The number of hydrogen-bond acceptors (Lipinski definition) is 3. The zero-order valence-electron chi connectivity index (χ0n) is 11.6. The van der Waals surface area contributed by atoms with E-state index < -0.39 is 5.97 Å². The number of halogens is 1. The van der Waals surface area contributed by atoms with Gasteiger partial charge in [-0.15, -0.1) is 0 Å². The Hall–Kier alpha value is -2.15. The van der Waals surface area contributed by atoms with Crippen LogP contribution in [0.4, 0.5) is 0 Å². The van der Waals surface area contributed by atoms with E-state index in [1.54, 1.807) is 10.9 Å². The fraction of sp³-hybridized carbons (Fsp3) is 0.267. The minimum Gasteiger partial charge on any atom is -0.481 e. The van der Waals surface area contributed by atoms with Crippen LogP contribution in [0.25, 0.3) is 5.69 Å². The van der Waals surface area contributed by atoms with Crippen molar-refractivity contribution in [3.05, 3.63) is 46.7 Å². The average Bonchev–Trinajstić information content (AvgIpc) is 2.92. The van der Waals surface area contributed by atoms with Crippen molar-refractivity contribution in [3.8, 4) is 5.69 Å². The van der Waals surface area contributed by atoms with E-state index in [0.29, 0.717) is 18.4 Å². The zero-order valence-corrected chi connectivity index (χ0v) is 13.2. The number of aromatic nitrogens is 2. The first-order valence-electron chi connectivity index (χ1n) is 6.87. The molecule has 6 nitrogen and oxygen atoms in total. The molecule has 0 aliphatic heterocycles. The van der Waals surface area contributed by atoms with Crippen LogP contribution >= 0.6 is 15.9 Å². The first-order chi connectivity index (χ1) is 10.5. The minimum absolute atomic E-state index is 0.0652. The van der Waals surface area contributed by atoms with E-state index >= 15 is 0 Å². The number of carbonyl (C=O) groups excluding carboxylic acids is 1.